The van der Waals surface area contributed by atoms with Crippen LogP contribution in [-0.2, 0) is 30.1 Å². The highest BCUT2D eigenvalue weighted by Crippen LogP contribution is 2.46. The molecule has 1 heteroatoms. The highest BCUT2D eigenvalue weighted by Gasteiger charge is 2.30. The standard InChI is InChI=1S/C29H38O/c1-18-13-20-15-19-11-9-10-12-22(19)26(23(20)14-18)21-16-24(28(2,3)4)27(30-8)25(17-21)29(5,6)7/h13,15-17H,9-12,14H2,1-8H3. The van der Waals surface area contributed by atoms with Crippen molar-refractivity contribution < 1.29 is 4.74 Å². The quantitative estimate of drug-likeness (QED) is 0.498. The Bertz CT molecular complexity index is 987. The number of rotatable bonds is 2. The Morgan fingerprint density at radius 1 is 0.800 bits per heavy atom. The molecule has 0 N–H and O–H groups in total. The Hall–Kier alpha value is -2.02. The Morgan fingerprint density at radius 2 is 1.40 bits per heavy atom. The third-order valence-corrected chi connectivity index (χ3v) is 6.85. The summed E-state index contributed by atoms with van der Waals surface area (Å²) in [4.78, 5) is 0. The normalized spacial score (nSPS) is 16.2. The van der Waals surface area contributed by atoms with Crippen molar-refractivity contribution in [2.75, 3.05) is 7.11 Å². The van der Waals surface area contributed by atoms with Crippen molar-refractivity contribution in [1.29, 1.82) is 0 Å². The van der Waals surface area contributed by atoms with Gasteiger partial charge in [0.2, 0.25) is 0 Å². The minimum Gasteiger partial charge on any atom is -0.496 e. The van der Waals surface area contributed by atoms with Crippen LogP contribution in [0.4, 0.5) is 0 Å². The van der Waals surface area contributed by atoms with Crippen molar-refractivity contribution in [2.24, 2.45) is 0 Å². The third-order valence-electron chi connectivity index (χ3n) is 6.85. The summed E-state index contributed by atoms with van der Waals surface area (Å²) in [5.74, 6) is 1.06. The lowest BCUT2D eigenvalue weighted by atomic mass is 9.75. The Kier molecular flexibility index (Phi) is 5.16. The van der Waals surface area contributed by atoms with E-state index < -0.39 is 0 Å². The molecule has 0 unspecified atom stereocenters. The van der Waals surface area contributed by atoms with Crippen LogP contribution in [0.25, 0.3) is 17.2 Å². The number of aryl methyl sites for hydroxylation is 1. The Balaban J connectivity index is 2.06. The van der Waals surface area contributed by atoms with E-state index >= 15 is 0 Å². The number of hydrogen-bond acceptors (Lipinski definition) is 1. The molecule has 0 saturated carbocycles. The fourth-order valence-electron chi connectivity index (χ4n) is 5.35. The largest absolute Gasteiger partial charge is 0.496 e. The average molecular weight is 403 g/mol. The second-order valence-electron chi connectivity index (χ2n) is 11.4. The van der Waals surface area contributed by atoms with Gasteiger partial charge in [-0.2, -0.15) is 0 Å². The zero-order chi connectivity index (χ0) is 21.8. The molecule has 0 radical (unpaired) electrons. The van der Waals surface area contributed by atoms with Crippen LogP contribution >= 0.6 is 0 Å². The topological polar surface area (TPSA) is 9.23 Å². The van der Waals surface area contributed by atoms with Crippen LogP contribution in [0.3, 0.4) is 0 Å². The van der Waals surface area contributed by atoms with Crippen molar-refractivity contribution in [3.63, 3.8) is 0 Å². The molecule has 2 aliphatic carbocycles. The summed E-state index contributed by atoms with van der Waals surface area (Å²) < 4.78 is 6.03. The van der Waals surface area contributed by atoms with Gasteiger partial charge in [-0.3, -0.25) is 0 Å². The second-order valence-corrected chi connectivity index (χ2v) is 11.4. The number of hydrogen-bond donors (Lipinski definition) is 0. The van der Waals surface area contributed by atoms with Crippen molar-refractivity contribution in [1.82, 2.24) is 0 Å². The molecule has 0 fully saturated rings. The average Bonchev–Trinajstić information content (AvgIpc) is 3.03. The molecule has 1 nitrogen and oxygen atoms in total. The zero-order valence-electron chi connectivity index (χ0n) is 20.3. The molecule has 2 aromatic rings. The summed E-state index contributed by atoms with van der Waals surface area (Å²) in [6.45, 7) is 16.1. The van der Waals surface area contributed by atoms with E-state index in [2.05, 4.69) is 72.7 Å². The van der Waals surface area contributed by atoms with Gasteiger partial charge in [-0.1, -0.05) is 59.3 Å². The van der Waals surface area contributed by atoms with Crippen LogP contribution in [-0.4, -0.2) is 7.11 Å². The smallest absolute Gasteiger partial charge is 0.126 e. The zero-order valence-corrected chi connectivity index (χ0v) is 20.3. The summed E-state index contributed by atoms with van der Waals surface area (Å²) in [5.41, 5.74) is 13.2. The molecule has 0 spiro atoms. The first-order chi connectivity index (χ1) is 14.0. The molecule has 0 aromatic heterocycles. The van der Waals surface area contributed by atoms with Gasteiger partial charge < -0.3 is 4.74 Å². The number of allylic oxidation sites excluding steroid dienone is 1. The predicted octanol–water partition coefficient (Wildman–Crippen LogP) is 7.80. The van der Waals surface area contributed by atoms with E-state index in [-0.39, 0.29) is 10.8 Å². The number of methoxy groups -OCH3 is 1. The Morgan fingerprint density at radius 3 is 1.97 bits per heavy atom. The second kappa shape index (κ2) is 7.29. The van der Waals surface area contributed by atoms with Gasteiger partial charge in [-0.25, -0.2) is 0 Å². The lowest BCUT2D eigenvalue weighted by molar-refractivity contribution is 0.381. The number of ether oxygens (including phenoxy) is 1. The molecule has 2 aromatic carbocycles. The molecule has 0 saturated heterocycles. The molecule has 0 amide bonds. The van der Waals surface area contributed by atoms with E-state index in [1.807, 2.05) is 7.11 Å². The maximum absolute atomic E-state index is 6.03. The molecule has 30 heavy (non-hydrogen) atoms. The van der Waals surface area contributed by atoms with Crippen molar-refractivity contribution in [3.05, 3.63) is 57.2 Å². The third kappa shape index (κ3) is 3.61. The summed E-state index contributed by atoms with van der Waals surface area (Å²) in [7, 11) is 1.83. The predicted molar refractivity (Wildman–Crippen MR) is 130 cm³/mol. The van der Waals surface area contributed by atoms with Crippen LogP contribution in [0.2, 0.25) is 0 Å². The summed E-state index contributed by atoms with van der Waals surface area (Å²) >= 11 is 0. The minimum absolute atomic E-state index is 0.0214. The van der Waals surface area contributed by atoms with Crippen LogP contribution in [0.5, 0.6) is 5.75 Å². The molecular weight excluding hydrogens is 364 g/mol. The number of benzene rings is 2. The Labute approximate surface area is 183 Å². The molecule has 160 valence electrons. The SMILES string of the molecule is COc1c(C(C)(C)C)cc(-c2c3c(cc4c2CCCC4)C=C(C)C3)cc1C(C)(C)C. The number of fused-ring (bicyclic) bond motifs is 2. The van der Waals surface area contributed by atoms with Gasteiger partial charge in [0.15, 0.2) is 0 Å². The van der Waals surface area contributed by atoms with E-state index in [0.29, 0.717) is 0 Å². The molecule has 0 aliphatic heterocycles. The van der Waals surface area contributed by atoms with Gasteiger partial charge in [0.05, 0.1) is 7.11 Å². The summed E-state index contributed by atoms with van der Waals surface area (Å²) in [6, 6.07) is 7.36. The van der Waals surface area contributed by atoms with Crippen molar-refractivity contribution in [2.45, 2.75) is 91.4 Å². The van der Waals surface area contributed by atoms with Crippen molar-refractivity contribution in [3.8, 4) is 16.9 Å². The van der Waals surface area contributed by atoms with E-state index in [1.165, 1.54) is 64.6 Å². The van der Waals surface area contributed by atoms with Crippen LogP contribution in [0, 0.1) is 0 Å². The first kappa shape index (κ1) is 21.2. The summed E-state index contributed by atoms with van der Waals surface area (Å²) in [6.07, 6.45) is 8.54. The van der Waals surface area contributed by atoms with E-state index in [4.69, 9.17) is 4.74 Å². The molecular formula is C29H38O. The van der Waals surface area contributed by atoms with Gasteiger partial charge in [0.1, 0.15) is 5.75 Å². The minimum atomic E-state index is 0.0214. The molecule has 0 bridgehead atoms. The molecule has 0 atom stereocenters. The summed E-state index contributed by atoms with van der Waals surface area (Å²) in [5, 5.41) is 0. The molecule has 2 aliphatic rings. The van der Waals surface area contributed by atoms with Gasteiger partial charge in [0, 0.05) is 11.1 Å². The molecule has 4 rings (SSSR count). The lowest BCUT2D eigenvalue weighted by Gasteiger charge is -2.31. The molecule has 0 heterocycles. The van der Waals surface area contributed by atoms with E-state index in [0.717, 1.165) is 12.2 Å². The maximum atomic E-state index is 6.03. The fourth-order valence-corrected chi connectivity index (χ4v) is 5.35. The van der Waals surface area contributed by atoms with Gasteiger partial charge in [0.25, 0.3) is 0 Å². The first-order valence-electron chi connectivity index (χ1n) is 11.6. The maximum Gasteiger partial charge on any atom is 0.126 e. The van der Waals surface area contributed by atoms with E-state index in [9.17, 15) is 0 Å². The van der Waals surface area contributed by atoms with Gasteiger partial charge in [-0.15, -0.1) is 0 Å². The highest BCUT2D eigenvalue weighted by atomic mass is 16.5. The van der Waals surface area contributed by atoms with Gasteiger partial charge in [-0.05, 0) is 95.4 Å². The van der Waals surface area contributed by atoms with Crippen LogP contribution in [0.15, 0.2) is 23.8 Å². The van der Waals surface area contributed by atoms with Crippen LogP contribution < -0.4 is 4.74 Å². The monoisotopic (exact) mass is 402 g/mol. The first-order valence-corrected chi connectivity index (χ1v) is 11.6. The van der Waals surface area contributed by atoms with Gasteiger partial charge >= 0.3 is 0 Å². The lowest BCUT2D eigenvalue weighted by Crippen LogP contribution is -2.19. The highest BCUT2D eigenvalue weighted by molar-refractivity contribution is 5.82. The van der Waals surface area contributed by atoms with Crippen LogP contribution in [0.1, 0.15) is 94.7 Å². The van der Waals surface area contributed by atoms with E-state index in [1.54, 1.807) is 11.1 Å². The van der Waals surface area contributed by atoms with Crippen molar-refractivity contribution >= 4 is 6.08 Å². The fraction of sp³-hybridized carbons (Fsp3) is 0.517.